The lowest BCUT2D eigenvalue weighted by Crippen LogP contribution is -2.67. The lowest BCUT2D eigenvalue weighted by molar-refractivity contribution is -0.686. The molecule has 0 radical (unpaired) electrons. The fourth-order valence-corrected chi connectivity index (χ4v) is 13.2. The molecule has 43 heavy (non-hydrogen) atoms. The standard InChI is InChI=1S/C39H59NO3/c1-25(2)28-12-17-39(24-41)19-18-37(8)29(34(28)39)10-11-31-36(7)15-14-32(35(5,6)30(36)13-16-38(31,37)9)43-33(42)23-40-21-26(3)20-27(4)22-40/h20-22,28-32,34H,1,10-19,23-24H2,2-9H3/t28-,29?,30?,31?,32-,34?,36-,37+,38+,39+/m0/s1. The summed E-state index contributed by atoms with van der Waals surface area (Å²) in [6, 6.07) is 2.14. The second-order valence-corrected chi connectivity index (χ2v) is 17.6. The molecule has 1 heterocycles. The minimum atomic E-state index is -0.113. The number of carbonyl (C=O) groups excluding carboxylic acids is 1. The molecule has 5 aliphatic rings. The number of aromatic nitrogens is 1. The Morgan fingerprint density at radius 1 is 0.907 bits per heavy atom. The first-order chi connectivity index (χ1) is 20.1. The zero-order chi connectivity index (χ0) is 31.2. The molecule has 0 N–H and O–H groups in total. The Balaban J connectivity index is 1.24. The van der Waals surface area contributed by atoms with E-state index in [-0.39, 0.29) is 52.3 Å². The van der Waals surface area contributed by atoms with Crippen molar-refractivity contribution in [2.24, 2.45) is 56.7 Å². The van der Waals surface area contributed by atoms with Crippen molar-refractivity contribution in [1.82, 2.24) is 0 Å². The highest BCUT2D eigenvalue weighted by atomic mass is 16.5. The monoisotopic (exact) mass is 589 g/mol. The van der Waals surface area contributed by atoms with Gasteiger partial charge in [0.2, 0.25) is 6.54 Å². The van der Waals surface area contributed by atoms with Crippen LogP contribution < -0.4 is 9.67 Å². The van der Waals surface area contributed by atoms with Crippen LogP contribution in [0.5, 0.6) is 0 Å². The summed E-state index contributed by atoms with van der Waals surface area (Å²) in [6.45, 7) is 23.9. The third-order valence-corrected chi connectivity index (χ3v) is 15.2. The van der Waals surface area contributed by atoms with Crippen molar-refractivity contribution < 1.29 is 19.2 Å². The molecule has 1 aromatic heterocycles. The van der Waals surface area contributed by atoms with Crippen LogP contribution >= 0.6 is 0 Å². The molecule has 0 aromatic carbocycles. The molecule has 0 bridgehead atoms. The highest BCUT2D eigenvalue weighted by Gasteiger charge is 2.70. The second-order valence-electron chi connectivity index (χ2n) is 17.6. The van der Waals surface area contributed by atoms with E-state index in [0.717, 1.165) is 36.8 Å². The van der Waals surface area contributed by atoms with Gasteiger partial charge < -0.3 is 9.84 Å². The van der Waals surface area contributed by atoms with Crippen molar-refractivity contribution >= 4 is 5.97 Å². The van der Waals surface area contributed by atoms with Gasteiger partial charge in [-0.2, -0.15) is 4.57 Å². The summed E-state index contributed by atoms with van der Waals surface area (Å²) in [5.74, 6) is 2.78. The van der Waals surface area contributed by atoms with Crippen LogP contribution in [0.1, 0.15) is 117 Å². The number of carbonyl (C=O) groups is 1. The summed E-state index contributed by atoms with van der Waals surface area (Å²) in [6.07, 6.45) is 15.7. The molecule has 0 saturated heterocycles. The van der Waals surface area contributed by atoms with Crippen LogP contribution in [-0.2, 0) is 16.1 Å². The Morgan fingerprint density at radius 2 is 1.60 bits per heavy atom. The number of aryl methyl sites for hydroxylation is 2. The number of esters is 1. The van der Waals surface area contributed by atoms with Crippen molar-refractivity contribution in [1.29, 1.82) is 0 Å². The molecule has 4 heteroatoms. The Kier molecular flexibility index (Phi) is 7.59. The van der Waals surface area contributed by atoms with Crippen molar-refractivity contribution in [2.45, 2.75) is 132 Å². The van der Waals surface area contributed by atoms with Crippen LogP contribution in [0.4, 0.5) is 0 Å². The van der Waals surface area contributed by atoms with Gasteiger partial charge in [0, 0.05) is 16.5 Å². The van der Waals surface area contributed by atoms with E-state index in [1.165, 1.54) is 44.1 Å². The molecule has 0 amide bonds. The summed E-state index contributed by atoms with van der Waals surface area (Å²) in [5.41, 5.74) is 4.36. The number of hydrogen-bond acceptors (Lipinski definition) is 3. The first-order valence-electron chi connectivity index (χ1n) is 17.5. The van der Waals surface area contributed by atoms with E-state index < -0.39 is 0 Å². The normalized spacial score (nSPS) is 44.9. The van der Waals surface area contributed by atoms with Gasteiger partial charge in [0.1, 0.15) is 6.10 Å². The summed E-state index contributed by atoms with van der Waals surface area (Å²) >= 11 is 0. The van der Waals surface area contributed by atoms with Gasteiger partial charge >= 0.3 is 5.97 Å². The number of nitrogens with zero attached hydrogens (tertiary/aromatic N) is 1. The topological polar surface area (TPSA) is 53.2 Å². The number of hydrogen-bond donors (Lipinski definition) is 0. The van der Waals surface area contributed by atoms with Crippen molar-refractivity contribution in [2.75, 3.05) is 6.61 Å². The highest BCUT2D eigenvalue weighted by molar-refractivity contribution is 5.68. The lowest BCUT2D eigenvalue weighted by Gasteiger charge is -2.73. The minimum absolute atomic E-state index is 0.00253. The average Bonchev–Trinajstić information content (AvgIpc) is 3.31. The van der Waals surface area contributed by atoms with Crippen molar-refractivity contribution in [3.8, 4) is 0 Å². The largest absolute Gasteiger partial charge is 0.854 e. The molecular formula is C39H59NO3. The van der Waals surface area contributed by atoms with Gasteiger partial charge in [-0.25, -0.2) is 4.79 Å². The molecule has 238 valence electrons. The maximum atomic E-state index is 13.3. The predicted molar refractivity (Wildman–Crippen MR) is 170 cm³/mol. The maximum Gasteiger partial charge on any atom is 0.372 e. The summed E-state index contributed by atoms with van der Waals surface area (Å²) in [7, 11) is 0. The summed E-state index contributed by atoms with van der Waals surface area (Å²) in [4.78, 5) is 13.3. The Bertz CT molecular complexity index is 1260. The van der Waals surface area contributed by atoms with E-state index in [1.54, 1.807) is 0 Å². The summed E-state index contributed by atoms with van der Waals surface area (Å²) < 4.78 is 8.34. The zero-order valence-corrected chi connectivity index (χ0v) is 28.6. The molecule has 0 aliphatic heterocycles. The summed E-state index contributed by atoms with van der Waals surface area (Å²) in [5, 5.41) is 12.9. The number of rotatable bonds is 5. The number of allylic oxidation sites excluding steroid dienone is 1. The quantitative estimate of drug-likeness (QED) is 0.203. The molecule has 4 nitrogen and oxygen atoms in total. The van der Waals surface area contributed by atoms with E-state index in [2.05, 4.69) is 68.0 Å². The fourth-order valence-electron chi connectivity index (χ4n) is 13.2. The van der Waals surface area contributed by atoms with Crippen LogP contribution in [0, 0.1) is 70.5 Å². The van der Waals surface area contributed by atoms with E-state index in [1.807, 2.05) is 17.0 Å². The smallest absolute Gasteiger partial charge is 0.372 e. The number of fused-ring (bicyclic) bond motifs is 7. The Hall–Kier alpha value is -1.68. The molecule has 4 unspecified atom stereocenters. The van der Waals surface area contributed by atoms with Gasteiger partial charge in [-0.05, 0) is 142 Å². The zero-order valence-electron chi connectivity index (χ0n) is 28.6. The molecule has 5 saturated carbocycles. The van der Waals surface area contributed by atoms with Gasteiger partial charge in [-0.3, -0.25) is 0 Å². The Morgan fingerprint density at radius 3 is 2.26 bits per heavy atom. The van der Waals surface area contributed by atoms with E-state index in [9.17, 15) is 9.90 Å². The first kappa shape index (κ1) is 31.3. The van der Waals surface area contributed by atoms with Crippen LogP contribution in [0.3, 0.4) is 0 Å². The molecular weight excluding hydrogens is 530 g/mol. The average molecular weight is 590 g/mol. The van der Waals surface area contributed by atoms with Crippen LogP contribution in [0.15, 0.2) is 30.6 Å². The molecule has 1 aromatic rings. The third-order valence-electron chi connectivity index (χ3n) is 15.2. The van der Waals surface area contributed by atoms with Crippen molar-refractivity contribution in [3.63, 3.8) is 0 Å². The van der Waals surface area contributed by atoms with E-state index in [4.69, 9.17) is 4.74 Å². The van der Waals surface area contributed by atoms with Crippen LogP contribution in [-0.4, -0.2) is 18.7 Å². The van der Waals surface area contributed by atoms with E-state index in [0.29, 0.717) is 29.6 Å². The van der Waals surface area contributed by atoms with Gasteiger partial charge in [0.05, 0.1) is 0 Å². The van der Waals surface area contributed by atoms with E-state index >= 15 is 0 Å². The van der Waals surface area contributed by atoms with Gasteiger partial charge in [0.15, 0.2) is 12.4 Å². The van der Waals surface area contributed by atoms with Gasteiger partial charge in [-0.1, -0.05) is 46.8 Å². The maximum absolute atomic E-state index is 13.3. The SMILES string of the molecule is C=C(C)[C@@H]1CC[C@]2(C[O-])CC[C@]3(C)C(CCC4[C@@]5(C)CC[C@H](OC(=O)C[n+]6cc(C)cc(C)c6)C(C)(C)C5CC[C@]43C)C12. The molecule has 0 spiro atoms. The molecule has 5 aliphatic carbocycles. The minimum Gasteiger partial charge on any atom is -0.854 e. The first-order valence-corrected chi connectivity index (χ1v) is 17.5. The van der Waals surface area contributed by atoms with Crippen LogP contribution in [0.25, 0.3) is 0 Å². The van der Waals surface area contributed by atoms with Crippen molar-refractivity contribution in [3.05, 3.63) is 41.7 Å². The van der Waals surface area contributed by atoms with Gasteiger partial charge in [-0.15, -0.1) is 6.61 Å². The van der Waals surface area contributed by atoms with Crippen LogP contribution in [0.2, 0.25) is 0 Å². The molecule has 5 fully saturated rings. The third kappa shape index (κ3) is 4.53. The fraction of sp³-hybridized carbons (Fsp3) is 0.795. The second kappa shape index (κ2) is 10.4. The molecule has 10 atom stereocenters. The highest BCUT2D eigenvalue weighted by Crippen LogP contribution is 2.77. The lowest BCUT2D eigenvalue weighted by atomic mass is 9.32. The number of pyridine rings is 1. The predicted octanol–water partition coefficient (Wildman–Crippen LogP) is 7.52. The van der Waals surface area contributed by atoms with Gasteiger partial charge in [0.25, 0.3) is 0 Å². The molecule has 6 rings (SSSR count). The Labute approximate surface area is 262 Å². The number of ether oxygens (including phenoxy) is 1.